The van der Waals surface area contributed by atoms with E-state index in [4.69, 9.17) is 4.74 Å². The lowest BCUT2D eigenvalue weighted by molar-refractivity contribution is -0.0325. The lowest BCUT2D eigenvalue weighted by Gasteiger charge is -2.50. The van der Waals surface area contributed by atoms with Gasteiger partial charge in [-0.05, 0) is 38.5 Å². The zero-order valence-corrected chi connectivity index (χ0v) is 12.7. The predicted molar refractivity (Wildman–Crippen MR) is 75.8 cm³/mol. The summed E-state index contributed by atoms with van der Waals surface area (Å²) in [5.74, 6) is 1.62. The number of piperazine rings is 1. The molecule has 1 heterocycles. The average Bonchev–Trinajstić information content (AvgIpc) is 3.12. The van der Waals surface area contributed by atoms with Crippen molar-refractivity contribution in [1.29, 1.82) is 0 Å². The van der Waals surface area contributed by atoms with Crippen LogP contribution in [0.4, 0.5) is 0 Å². The summed E-state index contributed by atoms with van der Waals surface area (Å²) in [6.07, 6.45) is 2.84. The van der Waals surface area contributed by atoms with Gasteiger partial charge >= 0.3 is 0 Å². The Morgan fingerprint density at radius 2 is 2.00 bits per heavy atom. The number of hydrogen-bond donors (Lipinski definition) is 1. The maximum atomic E-state index is 5.44. The minimum atomic E-state index is 0.138. The van der Waals surface area contributed by atoms with Crippen LogP contribution >= 0.6 is 0 Å². The summed E-state index contributed by atoms with van der Waals surface area (Å²) in [5.41, 5.74) is 0.138. The van der Waals surface area contributed by atoms with Gasteiger partial charge in [-0.1, -0.05) is 13.8 Å². The van der Waals surface area contributed by atoms with Crippen LogP contribution in [0.5, 0.6) is 0 Å². The molecule has 1 saturated carbocycles. The minimum Gasteiger partial charge on any atom is -0.383 e. The van der Waals surface area contributed by atoms with Gasteiger partial charge in [0, 0.05) is 37.8 Å². The molecule has 0 bridgehead atoms. The summed E-state index contributed by atoms with van der Waals surface area (Å²) in [5, 5.41) is 3.77. The molecule has 3 nitrogen and oxygen atoms in total. The van der Waals surface area contributed by atoms with Crippen LogP contribution in [0.25, 0.3) is 0 Å². The van der Waals surface area contributed by atoms with Crippen LogP contribution in [0.2, 0.25) is 0 Å². The smallest absolute Gasteiger partial charge is 0.0641 e. The molecule has 2 fully saturated rings. The van der Waals surface area contributed by atoms with Crippen LogP contribution in [0.3, 0.4) is 0 Å². The number of hydrogen-bond acceptors (Lipinski definition) is 3. The van der Waals surface area contributed by atoms with E-state index in [-0.39, 0.29) is 5.54 Å². The first-order valence-electron chi connectivity index (χ1n) is 7.45. The van der Waals surface area contributed by atoms with Crippen molar-refractivity contribution >= 4 is 0 Å². The van der Waals surface area contributed by atoms with E-state index in [9.17, 15) is 0 Å². The van der Waals surface area contributed by atoms with Crippen LogP contribution < -0.4 is 5.32 Å². The van der Waals surface area contributed by atoms with E-state index in [1.807, 2.05) is 7.11 Å². The summed E-state index contributed by atoms with van der Waals surface area (Å²) >= 11 is 0. The van der Waals surface area contributed by atoms with Gasteiger partial charge in [0.05, 0.1) is 6.61 Å². The molecule has 2 unspecified atom stereocenters. The zero-order valence-electron chi connectivity index (χ0n) is 12.7. The first-order chi connectivity index (χ1) is 8.45. The standard InChI is InChI=1S/C15H30N2O/c1-11(2)14-8-16-13(12-6-7-12)9-17(14)15(3,4)10-18-5/h11-14,16H,6-10H2,1-5H3. The summed E-state index contributed by atoms with van der Waals surface area (Å²) in [4.78, 5) is 2.70. The monoisotopic (exact) mass is 254 g/mol. The lowest BCUT2D eigenvalue weighted by Crippen LogP contribution is -2.65. The molecule has 2 atom stereocenters. The molecule has 106 valence electrons. The van der Waals surface area contributed by atoms with Gasteiger partial charge in [-0.2, -0.15) is 0 Å². The molecular weight excluding hydrogens is 224 g/mol. The molecule has 0 aromatic heterocycles. The second-order valence-corrected chi connectivity index (χ2v) is 7.06. The summed E-state index contributed by atoms with van der Waals surface area (Å²) < 4.78 is 5.44. The van der Waals surface area contributed by atoms with Gasteiger partial charge in [0.25, 0.3) is 0 Å². The van der Waals surface area contributed by atoms with Crippen LogP contribution in [0, 0.1) is 11.8 Å². The van der Waals surface area contributed by atoms with Gasteiger partial charge in [0.15, 0.2) is 0 Å². The van der Waals surface area contributed by atoms with E-state index in [0.29, 0.717) is 18.0 Å². The normalized spacial score (nSPS) is 31.0. The highest BCUT2D eigenvalue weighted by atomic mass is 16.5. The van der Waals surface area contributed by atoms with E-state index in [0.717, 1.165) is 19.1 Å². The molecule has 1 aliphatic carbocycles. The highest BCUT2D eigenvalue weighted by Crippen LogP contribution is 2.36. The number of methoxy groups -OCH3 is 1. The van der Waals surface area contributed by atoms with Crippen LogP contribution in [-0.2, 0) is 4.74 Å². The third kappa shape index (κ3) is 3.06. The van der Waals surface area contributed by atoms with E-state index in [1.165, 1.54) is 19.4 Å². The lowest BCUT2D eigenvalue weighted by atomic mass is 9.90. The molecule has 3 heteroatoms. The third-order valence-corrected chi connectivity index (χ3v) is 4.62. The largest absolute Gasteiger partial charge is 0.383 e. The Kier molecular flexibility index (Phi) is 4.35. The SMILES string of the molecule is COCC(C)(C)N1CC(C2CC2)NCC1C(C)C. The van der Waals surface area contributed by atoms with Crippen molar-refractivity contribution in [3.8, 4) is 0 Å². The molecule has 2 rings (SSSR count). The summed E-state index contributed by atoms with van der Waals surface area (Å²) in [6.45, 7) is 12.4. The summed E-state index contributed by atoms with van der Waals surface area (Å²) in [7, 11) is 1.81. The molecule has 0 spiro atoms. The molecule has 0 radical (unpaired) electrons. The van der Waals surface area contributed by atoms with Crippen molar-refractivity contribution in [2.75, 3.05) is 26.8 Å². The number of rotatable bonds is 5. The van der Waals surface area contributed by atoms with Crippen LogP contribution in [0.15, 0.2) is 0 Å². The van der Waals surface area contributed by atoms with E-state index in [2.05, 4.69) is 37.9 Å². The summed E-state index contributed by atoms with van der Waals surface area (Å²) in [6, 6.07) is 1.33. The molecule has 0 aromatic rings. The molecule has 1 saturated heterocycles. The van der Waals surface area contributed by atoms with E-state index in [1.54, 1.807) is 0 Å². The quantitative estimate of drug-likeness (QED) is 0.813. The highest BCUT2D eigenvalue weighted by molar-refractivity contribution is 4.99. The maximum absolute atomic E-state index is 5.44. The van der Waals surface area contributed by atoms with Gasteiger partial charge in [0.1, 0.15) is 0 Å². The number of nitrogens with one attached hydrogen (secondary N) is 1. The van der Waals surface area contributed by atoms with E-state index < -0.39 is 0 Å². The molecular formula is C15H30N2O. The van der Waals surface area contributed by atoms with Crippen molar-refractivity contribution in [2.24, 2.45) is 11.8 Å². The topological polar surface area (TPSA) is 24.5 Å². The maximum Gasteiger partial charge on any atom is 0.0641 e. The highest BCUT2D eigenvalue weighted by Gasteiger charge is 2.42. The molecule has 1 aliphatic heterocycles. The fourth-order valence-electron chi connectivity index (χ4n) is 3.34. The first-order valence-corrected chi connectivity index (χ1v) is 7.45. The Morgan fingerprint density at radius 3 is 2.50 bits per heavy atom. The van der Waals surface area contributed by atoms with Crippen LogP contribution in [0.1, 0.15) is 40.5 Å². The Hall–Kier alpha value is -0.120. The van der Waals surface area contributed by atoms with Crippen molar-refractivity contribution in [3.05, 3.63) is 0 Å². The molecule has 2 aliphatic rings. The first kappa shape index (κ1) is 14.3. The van der Waals surface area contributed by atoms with Crippen molar-refractivity contribution < 1.29 is 4.74 Å². The second-order valence-electron chi connectivity index (χ2n) is 7.06. The number of ether oxygens (including phenoxy) is 1. The van der Waals surface area contributed by atoms with Crippen molar-refractivity contribution in [1.82, 2.24) is 10.2 Å². The number of nitrogens with zero attached hydrogens (tertiary/aromatic N) is 1. The van der Waals surface area contributed by atoms with Crippen molar-refractivity contribution in [2.45, 2.75) is 58.2 Å². The Labute approximate surface area is 112 Å². The fourth-order valence-corrected chi connectivity index (χ4v) is 3.34. The second kappa shape index (κ2) is 5.48. The Morgan fingerprint density at radius 1 is 1.33 bits per heavy atom. The van der Waals surface area contributed by atoms with Gasteiger partial charge in [-0.3, -0.25) is 4.90 Å². The molecule has 18 heavy (non-hydrogen) atoms. The third-order valence-electron chi connectivity index (χ3n) is 4.62. The van der Waals surface area contributed by atoms with Gasteiger partial charge in [0.2, 0.25) is 0 Å². The van der Waals surface area contributed by atoms with Crippen LogP contribution in [-0.4, -0.2) is 49.3 Å². The fraction of sp³-hybridized carbons (Fsp3) is 1.00. The van der Waals surface area contributed by atoms with Gasteiger partial charge < -0.3 is 10.1 Å². The average molecular weight is 254 g/mol. The van der Waals surface area contributed by atoms with Crippen molar-refractivity contribution in [3.63, 3.8) is 0 Å². The van der Waals surface area contributed by atoms with Gasteiger partial charge in [-0.25, -0.2) is 0 Å². The minimum absolute atomic E-state index is 0.138. The molecule has 1 N–H and O–H groups in total. The Balaban J connectivity index is 2.08. The zero-order chi connectivity index (χ0) is 13.3. The predicted octanol–water partition coefficient (Wildman–Crippen LogP) is 2.12. The van der Waals surface area contributed by atoms with Gasteiger partial charge in [-0.15, -0.1) is 0 Å². The molecule has 0 aromatic carbocycles. The Bertz CT molecular complexity index is 274. The molecule has 0 amide bonds. The van der Waals surface area contributed by atoms with E-state index >= 15 is 0 Å².